The Labute approximate surface area is 125 Å². The third kappa shape index (κ3) is 3.20. The molecule has 4 heteroatoms. The summed E-state index contributed by atoms with van der Waals surface area (Å²) in [5.41, 5.74) is 8.07. The Kier molecular flexibility index (Phi) is 4.13. The highest BCUT2D eigenvalue weighted by molar-refractivity contribution is 6.07. The van der Waals surface area contributed by atoms with Crippen LogP contribution in [-0.2, 0) is 0 Å². The van der Waals surface area contributed by atoms with E-state index in [0.717, 1.165) is 29.8 Å². The van der Waals surface area contributed by atoms with Gasteiger partial charge < -0.3 is 16.0 Å². The summed E-state index contributed by atoms with van der Waals surface area (Å²) in [5.74, 6) is 0.795. The van der Waals surface area contributed by atoms with Gasteiger partial charge >= 0.3 is 0 Å². The number of hydrogen-bond donors (Lipinski definition) is 3. The molecule has 0 unspecified atom stereocenters. The van der Waals surface area contributed by atoms with Crippen molar-refractivity contribution in [3.05, 3.63) is 30.0 Å². The van der Waals surface area contributed by atoms with E-state index in [1.807, 2.05) is 18.2 Å². The van der Waals surface area contributed by atoms with Gasteiger partial charge in [0.2, 0.25) is 0 Å². The number of H-pyrrole nitrogens is 1. The quantitative estimate of drug-likeness (QED) is 0.753. The van der Waals surface area contributed by atoms with Gasteiger partial charge in [-0.1, -0.05) is 32.1 Å². The molecule has 0 radical (unpaired) electrons. The molecule has 4 N–H and O–H groups in total. The number of nitrogens with two attached hydrogens (primary N) is 1. The largest absolute Gasteiger partial charge is 0.399 e. The van der Waals surface area contributed by atoms with E-state index in [9.17, 15) is 4.79 Å². The molecule has 2 aromatic rings. The van der Waals surface area contributed by atoms with Gasteiger partial charge in [0.05, 0.1) is 5.56 Å². The van der Waals surface area contributed by atoms with Gasteiger partial charge in [-0.3, -0.25) is 4.79 Å². The van der Waals surface area contributed by atoms with Crippen LogP contribution in [0.25, 0.3) is 10.9 Å². The van der Waals surface area contributed by atoms with E-state index in [0.29, 0.717) is 11.3 Å². The lowest BCUT2D eigenvalue weighted by molar-refractivity contribution is 0.0952. The topological polar surface area (TPSA) is 70.9 Å². The summed E-state index contributed by atoms with van der Waals surface area (Å²) in [6, 6.07) is 5.58. The number of aromatic nitrogens is 1. The fourth-order valence-corrected chi connectivity index (χ4v) is 3.29. The van der Waals surface area contributed by atoms with Crippen molar-refractivity contribution in [2.45, 2.75) is 38.5 Å². The van der Waals surface area contributed by atoms with Gasteiger partial charge in [-0.05, 0) is 30.5 Å². The molecule has 0 aliphatic heterocycles. The Morgan fingerprint density at radius 3 is 2.90 bits per heavy atom. The first-order valence-corrected chi connectivity index (χ1v) is 7.89. The second kappa shape index (κ2) is 6.20. The molecule has 1 aliphatic rings. The molecule has 112 valence electrons. The van der Waals surface area contributed by atoms with Crippen LogP contribution in [-0.4, -0.2) is 17.4 Å². The lowest BCUT2D eigenvalue weighted by Crippen LogP contribution is -2.26. The summed E-state index contributed by atoms with van der Waals surface area (Å²) in [4.78, 5) is 15.4. The van der Waals surface area contributed by atoms with Crippen molar-refractivity contribution < 1.29 is 4.79 Å². The third-order valence-corrected chi connectivity index (χ3v) is 4.51. The first-order valence-electron chi connectivity index (χ1n) is 7.89. The Hall–Kier alpha value is -1.97. The van der Waals surface area contributed by atoms with E-state index >= 15 is 0 Å². The van der Waals surface area contributed by atoms with Crippen LogP contribution in [0.3, 0.4) is 0 Å². The van der Waals surface area contributed by atoms with Gasteiger partial charge in [0.25, 0.3) is 5.91 Å². The van der Waals surface area contributed by atoms with Crippen LogP contribution < -0.4 is 11.1 Å². The van der Waals surface area contributed by atoms with Crippen molar-refractivity contribution in [3.8, 4) is 0 Å². The Morgan fingerprint density at radius 1 is 1.29 bits per heavy atom. The molecule has 1 aromatic heterocycles. The fraction of sp³-hybridized carbons (Fsp3) is 0.471. The molecule has 4 nitrogen and oxygen atoms in total. The molecule has 1 heterocycles. The molecule has 0 saturated heterocycles. The van der Waals surface area contributed by atoms with Gasteiger partial charge in [0.15, 0.2) is 0 Å². The summed E-state index contributed by atoms with van der Waals surface area (Å²) in [7, 11) is 0. The molecule has 3 rings (SSSR count). The first kappa shape index (κ1) is 14.0. The second-order valence-electron chi connectivity index (χ2n) is 6.06. The van der Waals surface area contributed by atoms with Crippen LogP contribution in [0.15, 0.2) is 24.4 Å². The highest BCUT2D eigenvalue weighted by Crippen LogP contribution is 2.26. The molecular formula is C17H23N3O. The Bertz CT molecular complexity index is 626. The number of amides is 1. The molecule has 1 fully saturated rings. The molecular weight excluding hydrogens is 262 g/mol. The maximum Gasteiger partial charge on any atom is 0.253 e. The molecule has 0 spiro atoms. The molecule has 1 aliphatic carbocycles. The number of fused-ring (bicyclic) bond motifs is 1. The van der Waals surface area contributed by atoms with Crippen molar-refractivity contribution in [1.82, 2.24) is 10.3 Å². The summed E-state index contributed by atoms with van der Waals surface area (Å²) in [6.07, 6.45) is 9.58. The van der Waals surface area contributed by atoms with Crippen LogP contribution >= 0.6 is 0 Å². The minimum absolute atomic E-state index is 0.00170. The van der Waals surface area contributed by atoms with Gasteiger partial charge in [0, 0.05) is 29.3 Å². The van der Waals surface area contributed by atoms with Crippen molar-refractivity contribution in [1.29, 1.82) is 0 Å². The number of nitrogens with one attached hydrogen (secondary N) is 2. The summed E-state index contributed by atoms with van der Waals surface area (Å²) in [5, 5.41) is 3.98. The molecule has 1 saturated carbocycles. The predicted octanol–water partition coefficient (Wildman–Crippen LogP) is 3.45. The molecule has 1 amide bonds. The average Bonchev–Trinajstić information content (AvgIpc) is 2.91. The highest BCUT2D eigenvalue weighted by Gasteiger charge is 2.15. The van der Waals surface area contributed by atoms with E-state index in [1.165, 1.54) is 32.1 Å². The number of anilines is 1. The van der Waals surface area contributed by atoms with E-state index in [4.69, 9.17) is 5.73 Å². The van der Waals surface area contributed by atoms with Crippen molar-refractivity contribution >= 4 is 22.5 Å². The minimum atomic E-state index is 0.00170. The summed E-state index contributed by atoms with van der Waals surface area (Å²) in [6.45, 7) is 0.769. The standard InChI is InChI=1S/C17H23N3O/c18-13-6-7-14-15(11-20-16(14)10-13)17(21)19-9-8-12-4-2-1-3-5-12/h6-7,10-12,20H,1-5,8-9,18H2,(H,19,21). The summed E-state index contributed by atoms with van der Waals surface area (Å²) >= 11 is 0. The van der Waals surface area contributed by atoms with E-state index in [1.54, 1.807) is 6.20 Å². The number of hydrogen-bond acceptors (Lipinski definition) is 2. The van der Waals surface area contributed by atoms with Gasteiger partial charge in [-0.15, -0.1) is 0 Å². The molecule has 0 bridgehead atoms. The smallest absolute Gasteiger partial charge is 0.253 e. The van der Waals surface area contributed by atoms with Crippen molar-refractivity contribution in [2.24, 2.45) is 5.92 Å². The number of carbonyl (C=O) groups is 1. The lowest BCUT2D eigenvalue weighted by atomic mass is 9.87. The minimum Gasteiger partial charge on any atom is -0.399 e. The SMILES string of the molecule is Nc1ccc2c(C(=O)NCCC3CCCCC3)c[nH]c2c1. The van der Waals surface area contributed by atoms with Crippen LogP contribution in [0.5, 0.6) is 0 Å². The van der Waals surface area contributed by atoms with Gasteiger partial charge in [-0.2, -0.15) is 0 Å². The number of benzene rings is 1. The number of carbonyl (C=O) groups excluding carboxylic acids is 1. The number of aromatic amines is 1. The monoisotopic (exact) mass is 285 g/mol. The second-order valence-corrected chi connectivity index (χ2v) is 6.06. The van der Waals surface area contributed by atoms with Crippen LogP contribution in [0.2, 0.25) is 0 Å². The molecule has 1 aromatic carbocycles. The van der Waals surface area contributed by atoms with Crippen LogP contribution in [0, 0.1) is 5.92 Å². The zero-order valence-electron chi connectivity index (χ0n) is 12.3. The maximum atomic E-state index is 12.3. The Balaban J connectivity index is 1.59. The van der Waals surface area contributed by atoms with Crippen molar-refractivity contribution in [3.63, 3.8) is 0 Å². The molecule has 21 heavy (non-hydrogen) atoms. The molecule has 0 atom stereocenters. The number of rotatable bonds is 4. The fourth-order valence-electron chi connectivity index (χ4n) is 3.29. The zero-order valence-corrected chi connectivity index (χ0v) is 12.3. The van der Waals surface area contributed by atoms with E-state index in [2.05, 4.69) is 10.3 Å². The maximum absolute atomic E-state index is 12.3. The van der Waals surface area contributed by atoms with Crippen molar-refractivity contribution in [2.75, 3.05) is 12.3 Å². The van der Waals surface area contributed by atoms with E-state index < -0.39 is 0 Å². The van der Waals surface area contributed by atoms with Gasteiger partial charge in [-0.25, -0.2) is 0 Å². The average molecular weight is 285 g/mol. The lowest BCUT2D eigenvalue weighted by Gasteiger charge is -2.21. The zero-order chi connectivity index (χ0) is 14.7. The first-order chi connectivity index (χ1) is 10.2. The Morgan fingerprint density at radius 2 is 2.10 bits per heavy atom. The number of nitrogen functional groups attached to an aromatic ring is 1. The predicted molar refractivity (Wildman–Crippen MR) is 86.2 cm³/mol. The highest BCUT2D eigenvalue weighted by atomic mass is 16.1. The van der Waals surface area contributed by atoms with Crippen LogP contribution in [0.4, 0.5) is 5.69 Å². The third-order valence-electron chi connectivity index (χ3n) is 4.51. The van der Waals surface area contributed by atoms with Crippen LogP contribution in [0.1, 0.15) is 48.9 Å². The summed E-state index contributed by atoms with van der Waals surface area (Å²) < 4.78 is 0. The van der Waals surface area contributed by atoms with Gasteiger partial charge in [0.1, 0.15) is 0 Å². The normalized spacial score (nSPS) is 16.2. The van der Waals surface area contributed by atoms with E-state index in [-0.39, 0.29) is 5.91 Å².